The van der Waals surface area contributed by atoms with Crippen LogP contribution in [-0.2, 0) is 4.79 Å². The number of carboxylic acids is 1. The normalized spacial score (nSPS) is 22.1. The van der Waals surface area contributed by atoms with E-state index >= 15 is 0 Å². The predicted molar refractivity (Wildman–Crippen MR) is 70.8 cm³/mol. The lowest BCUT2D eigenvalue weighted by Gasteiger charge is -2.18. The second kappa shape index (κ2) is 5.38. The van der Waals surface area contributed by atoms with Gasteiger partial charge >= 0.3 is 12.0 Å². The first-order valence-corrected chi connectivity index (χ1v) is 7.58. The van der Waals surface area contributed by atoms with E-state index in [2.05, 4.69) is 16.9 Å². The van der Waals surface area contributed by atoms with E-state index in [4.69, 9.17) is 5.11 Å². The van der Waals surface area contributed by atoms with Crippen molar-refractivity contribution in [2.75, 3.05) is 12.8 Å². The van der Waals surface area contributed by atoms with Crippen LogP contribution in [0.2, 0.25) is 0 Å². The van der Waals surface area contributed by atoms with Gasteiger partial charge in [-0.1, -0.05) is 0 Å². The minimum absolute atomic E-state index is 0.0196. The molecule has 2 amide bonds. The Bertz CT molecular complexity index is 340. The molecule has 1 unspecified atom stereocenters. The number of amides is 2. The van der Waals surface area contributed by atoms with E-state index in [1.165, 1.54) is 0 Å². The van der Waals surface area contributed by atoms with Gasteiger partial charge in [0.15, 0.2) is 0 Å². The van der Waals surface area contributed by atoms with Gasteiger partial charge in [0.2, 0.25) is 0 Å². The van der Waals surface area contributed by atoms with Crippen LogP contribution in [0, 0.1) is 5.92 Å². The molecule has 6 heteroatoms. The fourth-order valence-electron chi connectivity index (χ4n) is 2.08. The third kappa shape index (κ3) is 3.80. The van der Waals surface area contributed by atoms with E-state index in [0.717, 1.165) is 25.7 Å². The number of hydrogen-bond donors (Lipinski definition) is 3. The van der Waals surface area contributed by atoms with Crippen molar-refractivity contribution in [1.82, 2.24) is 10.6 Å². The SMILES string of the molecule is CSC1(CNC(=O)NC(CC(=O)O)C2CC2)CC1. The Labute approximate surface area is 111 Å². The van der Waals surface area contributed by atoms with Crippen LogP contribution in [0.3, 0.4) is 0 Å². The molecule has 0 aromatic carbocycles. The van der Waals surface area contributed by atoms with E-state index in [1.807, 2.05) is 0 Å². The van der Waals surface area contributed by atoms with Gasteiger partial charge < -0.3 is 15.7 Å². The Morgan fingerprint density at radius 1 is 1.44 bits per heavy atom. The van der Waals surface area contributed by atoms with Gasteiger partial charge in [-0.25, -0.2) is 4.79 Å². The highest BCUT2D eigenvalue weighted by atomic mass is 32.2. The minimum atomic E-state index is -0.852. The Kier molecular flexibility index (Phi) is 4.04. The van der Waals surface area contributed by atoms with Crippen LogP contribution in [-0.4, -0.2) is 40.7 Å². The lowest BCUT2D eigenvalue weighted by atomic mass is 10.1. The van der Waals surface area contributed by atoms with E-state index in [0.29, 0.717) is 12.5 Å². The first-order valence-electron chi connectivity index (χ1n) is 6.36. The van der Waals surface area contributed by atoms with Gasteiger partial charge in [0.25, 0.3) is 0 Å². The van der Waals surface area contributed by atoms with E-state index < -0.39 is 5.97 Å². The quantitative estimate of drug-likeness (QED) is 0.655. The van der Waals surface area contributed by atoms with E-state index in [9.17, 15) is 9.59 Å². The fourth-order valence-corrected chi connectivity index (χ4v) is 2.80. The molecule has 0 bridgehead atoms. The smallest absolute Gasteiger partial charge is 0.315 e. The van der Waals surface area contributed by atoms with Gasteiger partial charge in [0, 0.05) is 17.3 Å². The molecule has 0 spiro atoms. The molecule has 0 aliphatic heterocycles. The summed E-state index contributed by atoms with van der Waals surface area (Å²) < 4.78 is 0.235. The maximum atomic E-state index is 11.7. The number of carbonyl (C=O) groups is 2. The van der Waals surface area contributed by atoms with Gasteiger partial charge in [-0.05, 0) is 37.9 Å². The maximum Gasteiger partial charge on any atom is 0.315 e. The summed E-state index contributed by atoms with van der Waals surface area (Å²) in [5, 5.41) is 14.5. The number of hydrogen-bond acceptors (Lipinski definition) is 3. The van der Waals surface area contributed by atoms with Crippen LogP contribution in [0.1, 0.15) is 32.1 Å². The highest BCUT2D eigenvalue weighted by Gasteiger charge is 2.42. The molecule has 2 saturated carbocycles. The molecule has 102 valence electrons. The summed E-state index contributed by atoms with van der Waals surface area (Å²) in [4.78, 5) is 22.5. The van der Waals surface area contributed by atoms with Crippen molar-refractivity contribution in [1.29, 1.82) is 0 Å². The summed E-state index contributed by atoms with van der Waals surface area (Å²) in [6.45, 7) is 0.671. The Balaban J connectivity index is 1.72. The predicted octanol–water partition coefficient (Wildman–Crippen LogP) is 1.43. The minimum Gasteiger partial charge on any atom is -0.481 e. The molecule has 3 N–H and O–H groups in total. The number of urea groups is 1. The number of rotatable bonds is 7. The molecule has 2 rings (SSSR count). The van der Waals surface area contributed by atoms with E-state index in [1.54, 1.807) is 11.8 Å². The molecule has 2 fully saturated rings. The van der Waals surface area contributed by atoms with Crippen LogP contribution in [0.4, 0.5) is 4.79 Å². The van der Waals surface area contributed by atoms with Crippen molar-refractivity contribution in [2.45, 2.75) is 42.9 Å². The second-order valence-corrected chi connectivity index (χ2v) is 6.53. The van der Waals surface area contributed by atoms with Gasteiger partial charge in [0.1, 0.15) is 0 Å². The zero-order valence-electron chi connectivity index (χ0n) is 10.6. The number of carboxylic acid groups (broad SMARTS) is 1. The monoisotopic (exact) mass is 272 g/mol. The lowest BCUT2D eigenvalue weighted by Crippen LogP contribution is -2.46. The molecule has 0 heterocycles. The van der Waals surface area contributed by atoms with E-state index in [-0.39, 0.29) is 23.2 Å². The van der Waals surface area contributed by atoms with Gasteiger partial charge in [-0.15, -0.1) is 0 Å². The van der Waals surface area contributed by atoms with Crippen LogP contribution < -0.4 is 10.6 Å². The largest absolute Gasteiger partial charge is 0.481 e. The highest BCUT2D eigenvalue weighted by molar-refractivity contribution is 8.00. The first-order chi connectivity index (χ1) is 8.54. The Morgan fingerprint density at radius 3 is 2.56 bits per heavy atom. The molecule has 2 aliphatic rings. The van der Waals surface area contributed by atoms with Gasteiger partial charge in [0.05, 0.1) is 6.42 Å². The van der Waals surface area contributed by atoms with Crippen molar-refractivity contribution in [3.63, 3.8) is 0 Å². The molecule has 0 aromatic heterocycles. The summed E-state index contributed by atoms with van der Waals surface area (Å²) in [5.41, 5.74) is 0. The molecular weight excluding hydrogens is 252 g/mol. The number of thioether (sulfide) groups is 1. The van der Waals surface area contributed by atoms with Crippen LogP contribution in [0.5, 0.6) is 0 Å². The van der Waals surface area contributed by atoms with Crippen molar-refractivity contribution in [3.05, 3.63) is 0 Å². The van der Waals surface area contributed by atoms with Crippen molar-refractivity contribution in [3.8, 4) is 0 Å². The van der Waals surface area contributed by atoms with Crippen LogP contribution in [0.15, 0.2) is 0 Å². The molecule has 5 nitrogen and oxygen atoms in total. The molecule has 18 heavy (non-hydrogen) atoms. The molecule has 0 radical (unpaired) electrons. The number of carbonyl (C=O) groups excluding carboxylic acids is 1. The second-order valence-electron chi connectivity index (χ2n) is 5.26. The zero-order chi connectivity index (χ0) is 13.2. The summed E-state index contributed by atoms with van der Waals surface area (Å²) >= 11 is 1.79. The highest BCUT2D eigenvalue weighted by Crippen LogP contribution is 2.46. The summed E-state index contributed by atoms with van der Waals surface area (Å²) in [6, 6.07) is -0.444. The maximum absolute atomic E-state index is 11.7. The first kappa shape index (κ1) is 13.5. The molecule has 2 aliphatic carbocycles. The molecule has 1 atom stereocenters. The lowest BCUT2D eigenvalue weighted by molar-refractivity contribution is -0.137. The standard InChI is InChI=1S/C12H20N2O3S/c1-18-12(4-5-12)7-13-11(17)14-9(6-10(15)16)8-2-3-8/h8-9H,2-7H2,1H3,(H,15,16)(H2,13,14,17). The summed E-state index contributed by atoms with van der Waals surface area (Å²) in [7, 11) is 0. The van der Waals surface area contributed by atoms with Gasteiger partial charge in [-0.3, -0.25) is 4.79 Å². The fraction of sp³-hybridized carbons (Fsp3) is 0.833. The average molecular weight is 272 g/mol. The van der Waals surface area contributed by atoms with Crippen molar-refractivity contribution in [2.24, 2.45) is 5.92 Å². The molecular formula is C12H20N2O3S. The molecule has 0 saturated heterocycles. The third-order valence-corrected chi connectivity index (χ3v) is 5.13. The molecule has 0 aromatic rings. The summed E-state index contributed by atoms with van der Waals surface area (Å²) in [5.74, 6) is -0.503. The number of nitrogens with one attached hydrogen (secondary N) is 2. The average Bonchev–Trinajstić information content (AvgIpc) is 3.18. The van der Waals surface area contributed by atoms with Crippen molar-refractivity contribution < 1.29 is 14.7 Å². The third-order valence-electron chi connectivity index (χ3n) is 3.71. The summed E-state index contributed by atoms with van der Waals surface area (Å²) in [6.07, 6.45) is 6.42. The topological polar surface area (TPSA) is 78.4 Å². The zero-order valence-corrected chi connectivity index (χ0v) is 11.4. The van der Waals surface area contributed by atoms with Gasteiger partial charge in [-0.2, -0.15) is 11.8 Å². The van der Waals surface area contributed by atoms with Crippen LogP contribution >= 0.6 is 11.8 Å². The van der Waals surface area contributed by atoms with Crippen molar-refractivity contribution >= 4 is 23.8 Å². The Morgan fingerprint density at radius 2 is 2.11 bits per heavy atom. The van der Waals surface area contributed by atoms with Crippen LogP contribution in [0.25, 0.3) is 0 Å². The number of aliphatic carboxylic acids is 1. The Hall–Kier alpha value is -0.910.